The molecule has 0 saturated carbocycles. The van der Waals surface area contributed by atoms with Crippen molar-refractivity contribution in [2.45, 2.75) is 13.0 Å². The van der Waals surface area contributed by atoms with Gasteiger partial charge in [0.05, 0.1) is 18.4 Å². The highest BCUT2D eigenvalue weighted by Gasteiger charge is 2.32. The summed E-state index contributed by atoms with van der Waals surface area (Å²) in [7, 11) is 1.27. The number of esters is 1. The summed E-state index contributed by atoms with van der Waals surface area (Å²) in [6, 6.07) is 4.09. The number of ketones is 1. The van der Waals surface area contributed by atoms with Gasteiger partial charge in [-0.15, -0.1) is 0 Å². The zero-order valence-corrected chi connectivity index (χ0v) is 11.0. The van der Waals surface area contributed by atoms with Crippen molar-refractivity contribution in [2.24, 2.45) is 0 Å². The van der Waals surface area contributed by atoms with Crippen LogP contribution in [0.3, 0.4) is 0 Å². The average Bonchev–Trinajstić information content (AvgIpc) is 2.75. The third-order valence-electron chi connectivity index (χ3n) is 3.04. The van der Waals surface area contributed by atoms with Crippen LogP contribution in [0.4, 0.5) is 5.69 Å². The minimum atomic E-state index is -1.05. The van der Waals surface area contributed by atoms with Gasteiger partial charge in [-0.3, -0.25) is 14.6 Å². The number of carboxylic acids is 1. The fourth-order valence-corrected chi connectivity index (χ4v) is 2.14. The molecule has 1 aliphatic rings. The molecule has 0 radical (unpaired) electrons. The average molecular weight is 278 g/mol. The topological polar surface area (TPSA) is 95.9 Å². The minimum Gasteiger partial charge on any atom is -0.480 e. The molecule has 1 atom stereocenters. The standard InChI is InChI=1S/C13H14N2O5/c1-7(16)12-9-4-3-8(13(19)20-2)5-10(9)15(14-12)6-11(17)18/h3-5,12,14H,6H2,1-2H3,(H,17,18). The molecule has 0 aliphatic carbocycles. The molecule has 20 heavy (non-hydrogen) atoms. The first-order chi connectivity index (χ1) is 9.43. The molecule has 7 nitrogen and oxygen atoms in total. The Morgan fingerprint density at radius 2 is 2.10 bits per heavy atom. The molecule has 2 rings (SSSR count). The Kier molecular flexibility index (Phi) is 3.71. The Morgan fingerprint density at radius 1 is 1.40 bits per heavy atom. The van der Waals surface area contributed by atoms with Gasteiger partial charge in [0.25, 0.3) is 0 Å². The summed E-state index contributed by atoms with van der Waals surface area (Å²) in [5.41, 5.74) is 4.26. The van der Waals surface area contributed by atoms with Gasteiger partial charge in [0.15, 0.2) is 5.78 Å². The molecular formula is C13H14N2O5. The van der Waals surface area contributed by atoms with Gasteiger partial charge in [0, 0.05) is 5.56 Å². The van der Waals surface area contributed by atoms with E-state index >= 15 is 0 Å². The quantitative estimate of drug-likeness (QED) is 0.775. The SMILES string of the molecule is COC(=O)c1ccc2c(c1)N(CC(=O)O)NC2C(C)=O. The van der Waals surface area contributed by atoms with Crippen molar-refractivity contribution in [3.05, 3.63) is 29.3 Å². The molecule has 106 valence electrons. The Hall–Kier alpha value is -2.41. The minimum absolute atomic E-state index is 0.134. The maximum atomic E-state index is 11.6. The summed E-state index contributed by atoms with van der Waals surface area (Å²) in [5, 5.41) is 10.2. The maximum Gasteiger partial charge on any atom is 0.337 e. The second-order valence-electron chi connectivity index (χ2n) is 4.42. The number of hydrogen-bond donors (Lipinski definition) is 2. The fourth-order valence-electron chi connectivity index (χ4n) is 2.14. The van der Waals surface area contributed by atoms with Crippen molar-refractivity contribution < 1.29 is 24.2 Å². The summed E-state index contributed by atoms with van der Waals surface area (Å²) < 4.78 is 4.63. The number of carbonyl (C=O) groups excluding carboxylic acids is 2. The molecular weight excluding hydrogens is 264 g/mol. The predicted molar refractivity (Wildman–Crippen MR) is 69.3 cm³/mol. The van der Waals surface area contributed by atoms with Gasteiger partial charge in [-0.25, -0.2) is 10.2 Å². The number of nitrogens with zero attached hydrogens (tertiary/aromatic N) is 1. The van der Waals surface area contributed by atoms with E-state index in [1.807, 2.05) is 0 Å². The summed E-state index contributed by atoms with van der Waals surface area (Å²) in [5.74, 6) is -1.70. The van der Waals surface area contributed by atoms with Gasteiger partial charge < -0.3 is 9.84 Å². The third-order valence-corrected chi connectivity index (χ3v) is 3.04. The van der Waals surface area contributed by atoms with Gasteiger partial charge in [-0.1, -0.05) is 6.07 Å². The van der Waals surface area contributed by atoms with Gasteiger partial charge >= 0.3 is 11.9 Å². The molecule has 1 aliphatic heterocycles. The number of anilines is 1. The summed E-state index contributed by atoms with van der Waals surface area (Å²) >= 11 is 0. The van der Waals surface area contributed by atoms with Crippen LogP contribution in [0.1, 0.15) is 28.9 Å². The molecule has 0 amide bonds. The number of nitrogens with one attached hydrogen (secondary N) is 1. The van der Waals surface area contributed by atoms with Crippen LogP contribution >= 0.6 is 0 Å². The van der Waals surface area contributed by atoms with Crippen LogP contribution in [-0.4, -0.2) is 36.5 Å². The summed E-state index contributed by atoms with van der Waals surface area (Å²) in [6.07, 6.45) is 0. The van der Waals surface area contributed by atoms with E-state index in [1.54, 1.807) is 12.1 Å². The normalized spacial score (nSPS) is 16.7. The number of carboxylic acid groups (broad SMARTS) is 1. The van der Waals surface area contributed by atoms with Crippen molar-refractivity contribution in [3.8, 4) is 0 Å². The van der Waals surface area contributed by atoms with Crippen molar-refractivity contribution >= 4 is 23.4 Å². The molecule has 2 N–H and O–H groups in total. The molecule has 1 aromatic rings. The molecule has 1 heterocycles. The third kappa shape index (κ3) is 2.48. The van der Waals surface area contributed by atoms with Crippen molar-refractivity contribution in [1.29, 1.82) is 0 Å². The Morgan fingerprint density at radius 3 is 2.65 bits per heavy atom. The van der Waals surface area contributed by atoms with E-state index in [0.29, 0.717) is 16.8 Å². The number of rotatable bonds is 4. The number of carbonyl (C=O) groups is 3. The molecule has 0 saturated heterocycles. The van der Waals surface area contributed by atoms with E-state index in [-0.39, 0.29) is 12.3 Å². The number of benzene rings is 1. The van der Waals surface area contributed by atoms with Crippen LogP contribution in [-0.2, 0) is 14.3 Å². The van der Waals surface area contributed by atoms with Gasteiger partial charge in [0.2, 0.25) is 0 Å². The predicted octanol–water partition coefficient (Wildman–Crippen LogP) is 0.513. The zero-order valence-electron chi connectivity index (χ0n) is 11.0. The Labute approximate surface area is 115 Å². The number of hydrazine groups is 1. The van der Waals surface area contributed by atoms with Crippen molar-refractivity contribution in [1.82, 2.24) is 5.43 Å². The highest BCUT2D eigenvalue weighted by Crippen LogP contribution is 2.34. The largest absolute Gasteiger partial charge is 0.480 e. The Balaban J connectivity index is 2.44. The van der Waals surface area contributed by atoms with Gasteiger partial charge in [0.1, 0.15) is 12.6 Å². The van der Waals surface area contributed by atoms with E-state index in [0.717, 1.165) is 0 Å². The first kappa shape index (κ1) is 14.0. The van der Waals surface area contributed by atoms with E-state index in [4.69, 9.17) is 5.11 Å². The maximum absolute atomic E-state index is 11.6. The molecule has 0 aromatic heterocycles. The van der Waals surface area contributed by atoms with Gasteiger partial charge in [-0.05, 0) is 19.1 Å². The first-order valence-electron chi connectivity index (χ1n) is 5.92. The van der Waals surface area contributed by atoms with E-state index in [1.165, 1.54) is 25.1 Å². The molecule has 0 spiro atoms. The molecule has 1 aromatic carbocycles. The van der Waals surface area contributed by atoms with Crippen LogP contribution < -0.4 is 10.4 Å². The van der Waals surface area contributed by atoms with Crippen LogP contribution in [0.5, 0.6) is 0 Å². The van der Waals surface area contributed by atoms with Gasteiger partial charge in [-0.2, -0.15) is 0 Å². The number of aliphatic carboxylic acids is 1. The Bertz CT molecular complexity index is 584. The smallest absolute Gasteiger partial charge is 0.337 e. The number of hydrogen-bond acceptors (Lipinski definition) is 6. The fraction of sp³-hybridized carbons (Fsp3) is 0.308. The number of methoxy groups -OCH3 is 1. The molecule has 7 heteroatoms. The lowest BCUT2D eigenvalue weighted by molar-refractivity contribution is -0.135. The molecule has 1 unspecified atom stereocenters. The lowest BCUT2D eigenvalue weighted by Gasteiger charge is -2.17. The highest BCUT2D eigenvalue weighted by molar-refractivity contribution is 5.93. The summed E-state index contributed by atoms with van der Waals surface area (Å²) in [4.78, 5) is 34.0. The number of fused-ring (bicyclic) bond motifs is 1. The second kappa shape index (κ2) is 5.30. The van der Waals surface area contributed by atoms with Crippen LogP contribution in [0.25, 0.3) is 0 Å². The molecule has 0 bridgehead atoms. The lowest BCUT2D eigenvalue weighted by Crippen LogP contribution is -2.40. The van der Waals surface area contributed by atoms with Crippen molar-refractivity contribution in [2.75, 3.05) is 18.7 Å². The van der Waals surface area contributed by atoms with Crippen molar-refractivity contribution in [3.63, 3.8) is 0 Å². The zero-order chi connectivity index (χ0) is 14.9. The first-order valence-corrected chi connectivity index (χ1v) is 5.92. The number of ether oxygens (including phenoxy) is 1. The van der Waals surface area contributed by atoms with Crippen LogP contribution in [0.2, 0.25) is 0 Å². The van der Waals surface area contributed by atoms with Crippen LogP contribution in [0.15, 0.2) is 18.2 Å². The molecule has 0 fully saturated rings. The lowest BCUT2D eigenvalue weighted by atomic mass is 10.0. The monoisotopic (exact) mass is 278 g/mol. The van der Waals surface area contributed by atoms with E-state index < -0.39 is 18.0 Å². The second-order valence-corrected chi connectivity index (χ2v) is 4.42. The van der Waals surface area contributed by atoms with E-state index in [9.17, 15) is 14.4 Å². The van der Waals surface area contributed by atoms with E-state index in [2.05, 4.69) is 10.2 Å². The summed E-state index contributed by atoms with van der Waals surface area (Å²) in [6.45, 7) is 1.10. The number of Topliss-reactive ketones (excluding diaryl/α,β-unsaturated/α-hetero) is 1. The van der Waals surface area contributed by atoms with Crippen LogP contribution in [0, 0.1) is 0 Å². The highest BCUT2D eigenvalue weighted by atomic mass is 16.5.